The van der Waals surface area contributed by atoms with Gasteiger partial charge in [0.15, 0.2) is 5.78 Å². The van der Waals surface area contributed by atoms with Crippen molar-refractivity contribution in [2.45, 2.75) is 45.4 Å². The molecule has 15 heavy (non-hydrogen) atoms. The lowest BCUT2D eigenvalue weighted by Gasteiger charge is -2.22. The molecule has 1 nitrogen and oxygen atoms in total. The second-order valence-electron chi connectivity index (χ2n) is 4.86. The quantitative estimate of drug-likeness (QED) is 0.675. The molecular weight excluding hydrogens is 184 g/mol. The minimum absolute atomic E-state index is 0.325. The summed E-state index contributed by atoms with van der Waals surface area (Å²) >= 11 is 0. The van der Waals surface area contributed by atoms with Gasteiger partial charge < -0.3 is 0 Å². The Morgan fingerprint density at radius 2 is 2.07 bits per heavy atom. The predicted molar refractivity (Wildman–Crippen MR) is 62.5 cm³/mol. The smallest absolute Gasteiger partial charge is 0.163 e. The largest absolute Gasteiger partial charge is 0.294 e. The third-order valence-corrected chi connectivity index (χ3v) is 3.38. The molecule has 0 aromatic heterocycles. The van der Waals surface area contributed by atoms with Gasteiger partial charge in [0.25, 0.3) is 0 Å². The summed E-state index contributed by atoms with van der Waals surface area (Å²) in [5, 5.41) is 0. The third-order valence-electron chi connectivity index (χ3n) is 3.38. The molecule has 80 valence electrons. The first-order valence-corrected chi connectivity index (χ1v) is 5.76. The summed E-state index contributed by atoms with van der Waals surface area (Å²) in [6.45, 7) is 6.54. The van der Waals surface area contributed by atoms with Crippen molar-refractivity contribution in [3.63, 3.8) is 0 Å². The average molecular weight is 202 g/mol. The maximum Gasteiger partial charge on any atom is 0.163 e. The van der Waals surface area contributed by atoms with Gasteiger partial charge >= 0.3 is 0 Å². The fourth-order valence-corrected chi connectivity index (χ4v) is 2.24. The number of carbonyl (C=O) groups is 1. The Morgan fingerprint density at radius 1 is 1.33 bits per heavy atom. The molecule has 1 aliphatic rings. The Morgan fingerprint density at radius 3 is 2.73 bits per heavy atom. The average Bonchev–Trinajstić information content (AvgIpc) is 2.23. The molecule has 2 rings (SSSR count). The van der Waals surface area contributed by atoms with Crippen LogP contribution in [0.2, 0.25) is 0 Å². The SMILES string of the molecule is CC(C)c1ccc2c(c1)C(=O)CCC2C. The Kier molecular flexibility index (Phi) is 2.64. The molecule has 0 fully saturated rings. The van der Waals surface area contributed by atoms with E-state index < -0.39 is 0 Å². The van der Waals surface area contributed by atoms with Crippen LogP contribution in [0.1, 0.15) is 66.9 Å². The molecule has 0 spiro atoms. The molecule has 0 bridgehead atoms. The van der Waals surface area contributed by atoms with Crippen molar-refractivity contribution in [3.05, 3.63) is 34.9 Å². The van der Waals surface area contributed by atoms with Gasteiger partial charge in [0.05, 0.1) is 0 Å². The highest BCUT2D eigenvalue weighted by atomic mass is 16.1. The molecule has 1 aromatic rings. The fourth-order valence-electron chi connectivity index (χ4n) is 2.24. The zero-order valence-corrected chi connectivity index (χ0v) is 9.71. The maximum absolute atomic E-state index is 11.8. The number of ketones is 1. The topological polar surface area (TPSA) is 17.1 Å². The minimum atomic E-state index is 0.325. The molecule has 0 heterocycles. The lowest BCUT2D eigenvalue weighted by molar-refractivity contribution is 0.0968. The van der Waals surface area contributed by atoms with Gasteiger partial charge in [-0.15, -0.1) is 0 Å². The standard InChI is InChI=1S/C14H18O/c1-9(2)11-5-6-12-10(3)4-7-14(15)13(12)8-11/h5-6,8-10H,4,7H2,1-3H3. The first-order chi connectivity index (χ1) is 7.09. The maximum atomic E-state index is 11.8. The van der Waals surface area contributed by atoms with E-state index in [9.17, 15) is 4.79 Å². The molecular formula is C14H18O. The molecule has 1 aliphatic carbocycles. The number of rotatable bonds is 1. The van der Waals surface area contributed by atoms with Crippen LogP contribution in [-0.2, 0) is 0 Å². The van der Waals surface area contributed by atoms with E-state index in [2.05, 4.69) is 39.0 Å². The van der Waals surface area contributed by atoms with Crippen LogP contribution in [0.5, 0.6) is 0 Å². The number of benzene rings is 1. The van der Waals surface area contributed by atoms with Crippen LogP contribution in [-0.4, -0.2) is 5.78 Å². The van der Waals surface area contributed by atoms with Gasteiger partial charge in [0.2, 0.25) is 0 Å². The number of carbonyl (C=O) groups excluding carboxylic acids is 1. The van der Waals surface area contributed by atoms with E-state index in [1.807, 2.05) is 0 Å². The number of hydrogen-bond acceptors (Lipinski definition) is 1. The summed E-state index contributed by atoms with van der Waals surface area (Å²) in [6.07, 6.45) is 1.72. The monoisotopic (exact) mass is 202 g/mol. The summed E-state index contributed by atoms with van der Waals surface area (Å²) in [7, 11) is 0. The van der Waals surface area contributed by atoms with E-state index in [0.29, 0.717) is 17.6 Å². The van der Waals surface area contributed by atoms with E-state index >= 15 is 0 Å². The fraction of sp³-hybridized carbons (Fsp3) is 0.500. The highest BCUT2D eigenvalue weighted by Gasteiger charge is 2.22. The van der Waals surface area contributed by atoms with Crippen molar-refractivity contribution < 1.29 is 4.79 Å². The zero-order chi connectivity index (χ0) is 11.0. The van der Waals surface area contributed by atoms with Crippen molar-refractivity contribution >= 4 is 5.78 Å². The van der Waals surface area contributed by atoms with Crippen LogP contribution in [0.3, 0.4) is 0 Å². The lowest BCUT2D eigenvalue weighted by Crippen LogP contribution is -2.14. The van der Waals surface area contributed by atoms with Crippen molar-refractivity contribution in [1.29, 1.82) is 0 Å². The molecule has 1 heteroatoms. The van der Waals surface area contributed by atoms with Crippen LogP contribution >= 0.6 is 0 Å². The third kappa shape index (κ3) is 1.83. The molecule has 1 atom stereocenters. The summed E-state index contributed by atoms with van der Waals surface area (Å²) in [6, 6.07) is 6.41. The highest BCUT2D eigenvalue weighted by molar-refractivity contribution is 5.99. The number of hydrogen-bond donors (Lipinski definition) is 0. The van der Waals surface area contributed by atoms with Gasteiger partial charge in [-0.3, -0.25) is 4.79 Å². The second kappa shape index (κ2) is 3.80. The van der Waals surface area contributed by atoms with Crippen molar-refractivity contribution in [2.75, 3.05) is 0 Å². The van der Waals surface area contributed by atoms with E-state index in [1.54, 1.807) is 0 Å². The molecule has 0 aliphatic heterocycles. The van der Waals surface area contributed by atoms with Crippen molar-refractivity contribution in [3.8, 4) is 0 Å². The van der Waals surface area contributed by atoms with Crippen LogP contribution in [0.4, 0.5) is 0 Å². The molecule has 0 radical (unpaired) electrons. The van der Waals surface area contributed by atoms with Gasteiger partial charge in [-0.1, -0.05) is 32.9 Å². The van der Waals surface area contributed by atoms with E-state index in [1.165, 1.54) is 11.1 Å². The van der Waals surface area contributed by atoms with E-state index in [4.69, 9.17) is 0 Å². The van der Waals surface area contributed by atoms with Gasteiger partial charge in [-0.05, 0) is 35.4 Å². The summed E-state index contributed by atoms with van der Waals surface area (Å²) < 4.78 is 0. The predicted octanol–water partition coefficient (Wildman–Crippen LogP) is 3.89. The van der Waals surface area contributed by atoms with Crippen LogP contribution < -0.4 is 0 Å². The van der Waals surface area contributed by atoms with Gasteiger partial charge in [0.1, 0.15) is 0 Å². The lowest BCUT2D eigenvalue weighted by atomic mass is 9.81. The minimum Gasteiger partial charge on any atom is -0.294 e. The Balaban J connectivity index is 2.50. The van der Waals surface area contributed by atoms with Crippen molar-refractivity contribution in [1.82, 2.24) is 0 Å². The first kappa shape index (κ1) is 10.4. The van der Waals surface area contributed by atoms with E-state index in [0.717, 1.165) is 18.4 Å². The molecule has 1 unspecified atom stereocenters. The van der Waals surface area contributed by atoms with Gasteiger partial charge in [-0.2, -0.15) is 0 Å². The Bertz CT molecular complexity index is 390. The molecule has 1 aromatic carbocycles. The molecule has 0 saturated carbocycles. The van der Waals surface area contributed by atoms with Crippen molar-refractivity contribution in [2.24, 2.45) is 0 Å². The number of fused-ring (bicyclic) bond motifs is 1. The Hall–Kier alpha value is -1.11. The summed E-state index contributed by atoms with van der Waals surface area (Å²) in [5.74, 6) is 1.37. The van der Waals surface area contributed by atoms with Crippen LogP contribution in [0.15, 0.2) is 18.2 Å². The first-order valence-electron chi connectivity index (χ1n) is 5.76. The zero-order valence-electron chi connectivity index (χ0n) is 9.71. The van der Waals surface area contributed by atoms with Crippen LogP contribution in [0, 0.1) is 0 Å². The Labute approximate surface area is 91.5 Å². The molecule has 0 N–H and O–H groups in total. The van der Waals surface area contributed by atoms with Gasteiger partial charge in [0, 0.05) is 12.0 Å². The normalized spacial score (nSPS) is 20.5. The molecule has 0 amide bonds. The summed E-state index contributed by atoms with van der Waals surface area (Å²) in [4.78, 5) is 11.8. The molecule has 0 saturated heterocycles. The number of Topliss-reactive ketones (excluding diaryl/α,β-unsaturated/α-hetero) is 1. The van der Waals surface area contributed by atoms with E-state index in [-0.39, 0.29) is 0 Å². The highest BCUT2D eigenvalue weighted by Crippen LogP contribution is 2.32. The van der Waals surface area contributed by atoms with Gasteiger partial charge in [-0.25, -0.2) is 0 Å². The second-order valence-corrected chi connectivity index (χ2v) is 4.86. The summed E-state index contributed by atoms with van der Waals surface area (Å²) in [5.41, 5.74) is 3.49. The van der Waals surface area contributed by atoms with Crippen LogP contribution in [0.25, 0.3) is 0 Å².